The molecule has 2 heterocycles. The fourth-order valence-electron chi connectivity index (χ4n) is 3.50. The lowest BCUT2D eigenvalue weighted by Crippen LogP contribution is -2.36. The Hall–Kier alpha value is -2.62. The number of aliphatic hydroxyl groups excluding tert-OH is 1. The summed E-state index contributed by atoms with van der Waals surface area (Å²) in [6, 6.07) is 6.02. The van der Waals surface area contributed by atoms with Crippen LogP contribution in [-0.4, -0.2) is 77.8 Å². The molecule has 1 atom stereocenters. The molecular weight excluding hydrogens is 420 g/mol. The minimum absolute atomic E-state index is 0.0190. The van der Waals surface area contributed by atoms with E-state index < -0.39 is 0 Å². The third kappa shape index (κ3) is 8.68. The Kier molecular flexibility index (Phi) is 11.7. The molecule has 0 saturated carbocycles. The quantitative estimate of drug-likeness (QED) is 0.441. The maximum atomic E-state index is 11.3. The number of aryl methyl sites for hydroxylation is 2. The van der Waals surface area contributed by atoms with E-state index in [1.807, 2.05) is 37.6 Å². The molecular formula is C24H38N6O3. The number of rotatable bonds is 9. The summed E-state index contributed by atoms with van der Waals surface area (Å²) in [7, 11) is 1.99. The second-order valence-corrected chi connectivity index (χ2v) is 8.00. The molecule has 0 amide bonds. The SMILES string of the molecule is C/C=C(/C)N=CCO.CCc1ccc2nc(NCC(CN3CCCOCC3)N=O)n(C)c2c1. The molecule has 182 valence electrons. The number of allylic oxidation sites excluding steroid dienone is 2. The van der Waals surface area contributed by atoms with E-state index >= 15 is 0 Å². The highest BCUT2D eigenvalue weighted by Gasteiger charge is 2.17. The van der Waals surface area contributed by atoms with Gasteiger partial charge in [-0.15, -0.1) is 0 Å². The number of aromatic nitrogens is 2. The van der Waals surface area contributed by atoms with Crippen LogP contribution in [0.1, 0.15) is 32.8 Å². The second kappa shape index (κ2) is 14.5. The molecule has 0 spiro atoms. The summed E-state index contributed by atoms with van der Waals surface area (Å²) in [5.41, 5.74) is 4.28. The molecule has 1 aromatic heterocycles. The Labute approximate surface area is 196 Å². The zero-order valence-corrected chi connectivity index (χ0v) is 20.3. The van der Waals surface area contributed by atoms with Crippen molar-refractivity contribution < 1.29 is 9.84 Å². The maximum absolute atomic E-state index is 11.3. The number of aliphatic hydroxyl groups is 1. The van der Waals surface area contributed by atoms with Gasteiger partial charge in [-0.3, -0.25) is 9.89 Å². The molecule has 1 aliphatic rings. The van der Waals surface area contributed by atoms with Crippen molar-refractivity contribution in [2.75, 3.05) is 51.3 Å². The Morgan fingerprint density at radius 1 is 1.36 bits per heavy atom. The van der Waals surface area contributed by atoms with Gasteiger partial charge < -0.3 is 19.7 Å². The van der Waals surface area contributed by atoms with Gasteiger partial charge in [0.05, 0.1) is 24.2 Å². The first-order chi connectivity index (χ1) is 16.0. The molecule has 2 aromatic rings. The fraction of sp³-hybridized carbons (Fsp3) is 0.583. The van der Waals surface area contributed by atoms with Crippen molar-refractivity contribution >= 4 is 23.2 Å². The number of fused-ring (bicyclic) bond motifs is 1. The van der Waals surface area contributed by atoms with Crippen LogP contribution >= 0.6 is 0 Å². The highest BCUT2D eigenvalue weighted by Crippen LogP contribution is 2.20. The first-order valence-electron chi connectivity index (χ1n) is 11.6. The maximum Gasteiger partial charge on any atom is 0.203 e. The van der Waals surface area contributed by atoms with Gasteiger partial charge in [0.15, 0.2) is 0 Å². The van der Waals surface area contributed by atoms with E-state index in [4.69, 9.17) is 9.84 Å². The summed E-state index contributed by atoms with van der Waals surface area (Å²) in [6.45, 7) is 10.4. The van der Waals surface area contributed by atoms with Crippen LogP contribution in [0.25, 0.3) is 11.0 Å². The molecule has 1 aliphatic heterocycles. The highest BCUT2D eigenvalue weighted by atomic mass is 16.5. The lowest BCUT2D eigenvalue weighted by molar-refractivity contribution is 0.140. The van der Waals surface area contributed by atoms with Crippen LogP contribution in [0, 0.1) is 4.91 Å². The molecule has 1 fully saturated rings. The standard InChI is InChI=1S/C18H27N5O2.C6H11NO/c1-3-14-5-6-16-17(11-14)22(2)18(20-16)19-12-15(21-24)13-23-7-4-9-25-10-8-23;1-3-6(2)7-4-5-8/h5-6,11,15H,3-4,7-10,12-13H2,1-2H3,(H,19,20);3-4,8H,5H2,1-2H3/b;6-3-,7-4?. The first-order valence-corrected chi connectivity index (χ1v) is 11.6. The summed E-state index contributed by atoms with van der Waals surface area (Å²) in [4.78, 5) is 22.0. The van der Waals surface area contributed by atoms with Crippen LogP contribution in [0.2, 0.25) is 0 Å². The number of aliphatic imine (C=N–C) groups is 1. The molecule has 0 aliphatic carbocycles. The van der Waals surface area contributed by atoms with Crippen molar-refractivity contribution in [3.8, 4) is 0 Å². The number of nitrogens with zero attached hydrogens (tertiary/aromatic N) is 5. The van der Waals surface area contributed by atoms with E-state index in [2.05, 4.69) is 44.4 Å². The van der Waals surface area contributed by atoms with Gasteiger partial charge >= 0.3 is 0 Å². The van der Waals surface area contributed by atoms with Crippen LogP contribution in [-0.2, 0) is 18.2 Å². The zero-order chi connectivity index (χ0) is 24.1. The van der Waals surface area contributed by atoms with Gasteiger partial charge in [-0.05, 0) is 44.4 Å². The molecule has 9 heteroatoms. The van der Waals surface area contributed by atoms with Gasteiger partial charge in [0.2, 0.25) is 5.95 Å². The summed E-state index contributed by atoms with van der Waals surface area (Å²) in [5, 5.41) is 14.8. The Morgan fingerprint density at radius 2 is 2.18 bits per heavy atom. The topological polar surface area (TPSA) is 104 Å². The second-order valence-electron chi connectivity index (χ2n) is 8.00. The number of anilines is 1. The minimum atomic E-state index is -0.302. The molecule has 2 N–H and O–H groups in total. The van der Waals surface area contributed by atoms with Gasteiger partial charge in [0.1, 0.15) is 6.04 Å². The number of imidazole rings is 1. The molecule has 3 rings (SSSR count). The number of ether oxygens (including phenoxy) is 1. The summed E-state index contributed by atoms with van der Waals surface area (Å²) in [5.74, 6) is 0.774. The van der Waals surface area contributed by atoms with Crippen LogP contribution in [0.3, 0.4) is 0 Å². The van der Waals surface area contributed by atoms with Crippen molar-refractivity contribution in [2.45, 2.75) is 39.7 Å². The largest absolute Gasteiger partial charge is 0.391 e. The molecule has 0 radical (unpaired) electrons. The third-order valence-corrected chi connectivity index (χ3v) is 5.58. The molecule has 9 nitrogen and oxygen atoms in total. The summed E-state index contributed by atoms with van der Waals surface area (Å²) >= 11 is 0. The van der Waals surface area contributed by atoms with Crippen LogP contribution in [0.5, 0.6) is 0 Å². The molecule has 0 bridgehead atoms. The van der Waals surface area contributed by atoms with Gasteiger partial charge in [-0.25, -0.2) is 4.98 Å². The Morgan fingerprint density at radius 3 is 2.88 bits per heavy atom. The Bertz CT molecular complexity index is 916. The number of hydrogen-bond acceptors (Lipinski definition) is 8. The Balaban J connectivity index is 0.000000414. The van der Waals surface area contributed by atoms with Crippen LogP contribution in [0.4, 0.5) is 5.95 Å². The summed E-state index contributed by atoms with van der Waals surface area (Å²) in [6.07, 6.45) is 5.35. The molecule has 1 unspecified atom stereocenters. The number of hydrogen-bond donors (Lipinski definition) is 2. The lowest BCUT2D eigenvalue weighted by Gasteiger charge is -2.22. The van der Waals surface area contributed by atoms with Gasteiger partial charge in [0.25, 0.3) is 0 Å². The van der Waals surface area contributed by atoms with Crippen molar-refractivity contribution in [1.29, 1.82) is 0 Å². The molecule has 1 saturated heterocycles. The van der Waals surface area contributed by atoms with E-state index in [-0.39, 0.29) is 12.6 Å². The molecule has 33 heavy (non-hydrogen) atoms. The monoisotopic (exact) mass is 458 g/mol. The highest BCUT2D eigenvalue weighted by molar-refractivity contribution is 5.79. The predicted octanol–water partition coefficient (Wildman–Crippen LogP) is 3.38. The van der Waals surface area contributed by atoms with Crippen molar-refractivity contribution in [1.82, 2.24) is 14.5 Å². The van der Waals surface area contributed by atoms with E-state index in [0.717, 1.165) is 61.8 Å². The van der Waals surface area contributed by atoms with Gasteiger partial charge in [0, 0.05) is 51.7 Å². The van der Waals surface area contributed by atoms with E-state index in [0.29, 0.717) is 13.1 Å². The predicted molar refractivity (Wildman–Crippen MR) is 135 cm³/mol. The van der Waals surface area contributed by atoms with Gasteiger partial charge in [-0.2, -0.15) is 4.91 Å². The van der Waals surface area contributed by atoms with Gasteiger partial charge in [-0.1, -0.05) is 24.2 Å². The number of benzene rings is 1. The van der Waals surface area contributed by atoms with Crippen molar-refractivity contribution in [2.24, 2.45) is 17.2 Å². The average Bonchev–Trinajstić information content (AvgIpc) is 2.99. The first kappa shape index (κ1) is 26.6. The fourth-order valence-corrected chi connectivity index (χ4v) is 3.50. The normalized spacial score (nSPS) is 16.3. The van der Waals surface area contributed by atoms with E-state index in [1.54, 1.807) is 0 Å². The average molecular weight is 459 g/mol. The summed E-state index contributed by atoms with van der Waals surface area (Å²) < 4.78 is 7.50. The number of nitrogens with one attached hydrogen (secondary N) is 1. The molecule has 1 aromatic carbocycles. The smallest absolute Gasteiger partial charge is 0.203 e. The van der Waals surface area contributed by atoms with E-state index in [1.165, 1.54) is 11.8 Å². The van der Waals surface area contributed by atoms with Crippen LogP contribution in [0.15, 0.2) is 40.1 Å². The zero-order valence-electron chi connectivity index (χ0n) is 20.3. The number of nitroso groups, excluding NO2 is 1. The van der Waals surface area contributed by atoms with Crippen molar-refractivity contribution in [3.05, 3.63) is 40.4 Å². The van der Waals surface area contributed by atoms with Crippen molar-refractivity contribution in [3.63, 3.8) is 0 Å². The lowest BCUT2D eigenvalue weighted by atomic mass is 10.1. The van der Waals surface area contributed by atoms with E-state index in [9.17, 15) is 4.91 Å². The minimum Gasteiger partial charge on any atom is -0.391 e. The van der Waals surface area contributed by atoms with Crippen LogP contribution < -0.4 is 5.32 Å². The third-order valence-electron chi connectivity index (χ3n) is 5.58.